The van der Waals surface area contributed by atoms with E-state index < -0.39 is 6.04 Å². The number of methoxy groups -OCH3 is 1. The Kier molecular flexibility index (Phi) is 4.82. The Morgan fingerprint density at radius 2 is 2.00 bits per heavy atom. The Balaban J connectivity index is 3.00. The van der Waals surface area contributed by atoms with Crippen LogP contribution in [-0.2, 0) is 4.79 Å². The van der Waals surface area contributed by atoms with Crippen molar-refractivity contribution in [1.29, 1.82) is 0 Å². The first-order valence-corrected chi connectivity index (χ1v) is 6.45. The van der Waals surface area contributed by atoms with E-state index in [9.17, 15) is 4.79 Å². The van der Waals surface area contributed by atoms with Gasteiger partial charge in [-0.2, -0.15) is 0 Å². The van der Waals surface area contributed by atoms with E-state index in [4.69, 9.17) is 22.1 Å². The zero-order valence-electron chi connectivity index (χ0n) is 12.0. The number of hydrogen-bond acceptors (Lipinski definition) is 3. The summed E-state index contributed by atoms with van der Waals surface area (Å²) < 4.78 is 5.21. The smallest absolute Gasteiger partial charge is 0.241 e. The average Bonchev–Trinajstić information content (AvgIpc) is 2.31. The van der Waals surface area contributed by atoms with E-state index in [0.717, 1.165) is 5.56 Å². The maximum absolute atomic E-state index is 12.1. The summed E-state index contributed by atoms with van der Waals surface area (Å²) in [6.45, 7) is 7.62. The van der Waals surface area contributed by atoms with Crippen molar-refractivity contribution in [3.63, 3.8) is 0 Å². The molecule has 0 aliphatic heterocycles. The summed E-state index contributed by atoms with van der Waals surface area (Å²) in [5, 5.41) is 3.38. The van der Waals surface area contributed by atoms with Crippen molar-refractivity contribution in [2.24, 2.45) is 11.1 Å². The molecule has 0 fully saturated rings. The molecule has 0 saturated carbocycles. The van der Waals surface area contributed by atoms with Crippen molar-refractivity contribution < 1.29 is 9.53 Å². The van der Waals surface area contributed by atoms with E-state index in [1.54, 1.807) is 12.1 Å². The van der Waals surface area contributed by atoms with Crippen LogP contribution in [0.2, 0.25) is 5.02 Å². The minimum atomic E-state index is -0.604. The highest BCUT2D eigenvalue weighted by molar-refractivity contribution is 6.31. The normalized spacial score (nSPS) is 13.0. The maximum Gasteiger partial charge on any atom is 0.241 e. The SMILES string of the molecule is COc1cc(Cl)c(C)cc1NC(=O)[C@H](N)C(C)(C)C. The van der Waals surface area contributed by atoms with Gasteiger partial charge >= 0.3 is 0 Å². The fourth-order valence-electron chi connectivity index (χ4n) is 1.53. The Hall–Kier alpha value is -1.26. The molecule has 0 aliphatic rings. The number of amides is 1. The van der Waals surface area contributed by atoms with Crippen LogP contribution < -0.4 is 15.8 Å². The number of nitrogens with two attached hydrogens (primary N) is 1. The molecule has 0 bridgehead atoms. The molecule has 5 heteroatoms. The lowest BCUT2D eigenvalue weighted by Gasteiger charge is -2.26. The molecular formula is C14H21ClN2O2. The van der Waals surface area contributed by atoms with Crippen molar-refractivity contribution in [2.45, 2.75) is 33.7 Å². The fourth-order valence-corrected chi connectivity index (χ4v) is 1.69. The van der Waals surface area contributed by atoms with Gasteiger partial charge in [-0.15, -0.1) is 0 Å². The molecule has 4 nitrogen and oxygen atoms in total. The molecule has 106 valence electrons. The highest BCUT2D eigenvalue weighted by atomic mass is 35.5. The summed E-state index contributed by atoms with van der Waals surface area (Å²) in [5.41, 5.74) is 7.06. The van der Waals surface area contributed by atoms with Crippen LogP contribution in [-0.4, -0.2) is 19.1 Å². The number of anilines is 1. The number of carbonyl (C=O) groups excluding carboxylic acids is 1. The first kappa shape index (κ1) is 15.8. The van der Waals surface area contributed by atoms with Gasteiger partial charge < -0.3 is 15.8 Å². The number of aryl methyl sites for hydroxylation is 1. The zero-order chi connectivity index (χ0) is 14.8. The second kappa shape index (κ2) is 5.80. The summed E-state index contributed by atoms with van der Waals surface area (Å²) in [6, 6.07) is 2.84. The monoisotopic (exact) mass is 284 g/mol. The third-order valence-electron chi connectivity index (χ3n) is 2.95. The summed E-state index contributed by atoms with van der Waals surface area (Å²) in [7, 11) is 1.53. The van der Waals surface area contributed by atoms with Crippen LogP contribution in [0.1, 0.15) is 26.3 Å². The molecule has 0 aromatic heterocycles. The minimum absolute atomic E-state index is 0.243. The van der Waals surface area contributed by atoms with Crippen LogP contribution in [0.15, 0.2) is 12.1 Å². The molecule has 1 atom stereocenters. The van der Waals surface area contributed by atoms with Crippen LogP contribution in [0.5, 0.6) is 5.75 Å². The largest absolute Gasteiger partial charge is 0.495 e. The quantitative estimate of drug-likeness (QED) is 0.897. The predicted molar refractivity (Wildman–Crippen MR) is 78.8 cm³/mol. The van der Waals surface area contributed by atoms with E-state index in [-0.39, 0.29) is 11.3 Å². The van der Waals surface area contributed by atoms with Crippen molar-refractivity contribution in [2.75, 3.05) is 12.4 Å². The summed E-state index contributed by atoms with van der Waals surface area (Å²) >= 11 is 6.02. The van der Waals surface area contributed by atoms with E-state index in [1.807, 2.05) is 27.7 Å². The summed E-state index contributed by atoms with van der Waals surface area (Å²) in [6.07, 6.45) is 0. The van der Waals surface area contributed by atoms with Gasteiger partial charge in [0, 0.05) is 11.1 Å². The van der Waals surface area contributed by atoms with Crippen molar-refractivity contribution in [3.05, 3.63) is 22.7 Å². The minimum Gasteiger partial charge on any atom is -0.495 e. The molecule has 0 saturated heterocycles. The second-order valence-corrected chi connectivity index (χ2v) is 6.04. The summed E-state index contributed by atoms with van der Waals surface area (Å²) in [4.78, 5) is 12.1. The summed E-state index contributed by atoms with van der Waals surface area (Å²) in [5.74, 6) is 0.276. The zero-order valence-corrected chi connectivity index (χ0v) is 12.8. The van der Waals surface area contributed by atoms with E-state index in [1.165, 1.54) is 7.11 Å². The molecule has 19 heavy (non-hydrogen) atoms. The fraction of sp³-hybridized carbons (Fsp3) is 0.500. The van der Waals surface area contributed by atoms with Crippen molar-refractivity contribution >= 4 is 23.2 Å². The van der Waals surface area contributed by atoms with E-state index in [2.05, 4.69) is 5.32 Å². The molecular weight excluding hydrogens is 264 g/mol. The Bertz CT molecular complexity index is 481. The van der Waals surface area contributed by atoms with Crippen LogP contribution in [0.4, 0.5) is 5.69 Å². The van der Waals surface area contributed by atoms with Crippen LogP contribution in [0.25, 0.3) is 0 Å². The van der Waals surface area contributed by atoms with Gasteiger partial charge in [0.2, 0.25) is 5.91 Å². The van der Waals surface area contributed by atoms with Crippen LogP contribution in [0, 0.1) is 12.3 Å². The number of halogens is 1. The molecule has 0 aliphatic carbocycles. The topological polar surface area (TPSA) is 64.3 Å². The highest BCUT2D eigenvalue weighted by Crippen LogP contribution is 2.31. The van der Waals surface area contributed by atoms with Gasteiger partial charge in [0.25, 0.3) is 0 Å². The maximum atomic E-state index is 12.1. The number of rotatable bonds is 3. The second-order valence-electron chi connectivity index (χ2n) is 5.63. The van der Waals surface area contributed by atoms with Gasteiger partial charge in [-0.3, -0.25) is 4.79 Å². The highest BCUT2D eigenvalue weighted by Gasteiger charge is 2.28. The van der Waals surface area contributed by atoms with Crippen molar-refractivity contribution in [1.82, 2.24) is 0 Å². The third kappa shape index (κ3) is 3.85. The lowest BCUT2D eigenvalue weighted by atomic mass is 9.87. The lowest BCUT2D eigenvalue weighted by molar-refractivity contribution is -0.119. The lowest BCUT2D eigenvalue weighted by Crippen LogP contribution is -2.45. The van der Waals surface area contributed by atoms with Crippen LogP contribution in [0.3, 0.4) is 0 Å². The molecule has 0 heterocycles. The number of benzene rings is 1. The number of ether oxygens (including phenoxy) is 1. The van der Waals surface area contributed by atoms with Crippen molar-refractivity contribution in [3.8, 4) is 5.75 Å². The first-order chi connectivity index (χ1) is 8.66. The Morgan fingerprint density at radius 3 is 2.47 bits per heavy atom. The Morgan fingerprint density at radius 1 is 1.42 bits per heavy atom. The van der Waals surface area contributed by atoms with Crippen LogP contribution >= 0.6 is 11.6 Å². The molecule has 1 aromatic rings. The Labute approximate surface area is 119 Å². The molecule has 0 radical (unpaired) electrons. The predicted octanol–water partition coefficient (Wildman–Crippen LogP) is 2.97. The number of hydrogen-bond donors (Lipinski definition) is 2. The van der Waals surface area contributed by atoms with Gasteiger partial charge in [-0.05, 0) is 24.0 Å². The molecule has 1 rings (SSSR count). The molecule has 1 aromatic carbocycles. The van der Waals surface area contributed by atoms with Gasteiger partial charge in [-0.1, -0.05) is 32.4 Å². The number of carbonyl (C=O) groups is 1. The standard InChI is InChI=1S/C14H21ClN2O2/c1-8-6-10(11(19-5)7-9(8)15)17-13(18)12(16)14(2,3)4/h6-7,12H,16H2,1-5H3,(H,17,18)/t12-/m0/s1. The molecule has 1 amide bonds. The number of nitrogens with one attached hydrogen (secondary N) is 1. The third-order valence-corrected chi connectivity index (χ3v) is 3.36. The van der Waals surface area contributed by atoms with E-state index >= 15 is 0 Å². The molecule has 3 N–H and O–H groups in total. The molecule has 0 spiro atoms. The molecule has 0 unspecified atom stereocenters. The first-order valence-electron chi connectivity index (χ1n) is 6.07. The van der Waals surface area contributed by atoms with E-state index in [0.29, 0.717) is 16.5 Å². The average molecular weight is 285 g/mol. The van der Waals surface area contributed by atoms with Gasteiger partial charge in [0.05, 0.1) is 18.8 Å². The van der Waals surface area contributed by atoms with Gasteiger partial charge in [0.1, 0.15) is 5.75 Å². The van der Waals surface area contributed by atoms with Gasteiger partial charge in [-0.25, -0.2) is 0 Å². The van der Waals surface area contributed by atoms with Gasteiger partial charge in [0.15, 0.2) is 0 Å².